The number of aliphatic imine (C=N–C) groups is 1. The van der Waals surface area contributed by atoms with E-state index in [0.717, 1.165) is 42.2 Å². The van der Waals surface area contributed by atoms with Gasteiger partial charge in [-0.05, 0) is 29.7 Å². The molecule has 0 bridgehead atoms. The number of hydrogen-bond acceptors (Lipinski definition) is 2. The van der Waals surface area contributed by atoms with Gasteiger partial charge in [-0.25, -0.2) is 4.99 Å². The van der Waals surface area contributed by atoms with Crippen LogP contribution in [0.1, 0.15) is 29.5 Å². The molecule has 134 valence electrons. The normalized spacial score (nSPS) is 17.7. The van der Waals surface area contributed by atoms with Crippen molar-refractivity contribution in [2.45, 2.75) is 24.8 Å². The smallest absolute Gasteiger partial charge is 0.105 e. The molecule has 0 amide bonds. The maximum atomic E-state index is 6.48. The van der Waals surface area contributed by atoms with Gasteiger partial charge < -0.3 is 4.90 Å². The van der Waals surface area contributed by atoms with Crippen LogP contribution in [0, 0.1) is 0 Å². The summed E-state index contributed by atoms with van der Waals surface area (Å²) >= 11 is 6.48. The van der Waals surface area contributed by atoms with Gasteiger partial charge in [0.25, 0.3) is 0 Å². The summed E-state index contributed by atoms with van der Waals surface area (Å²) in [5, 5.41) is 0.811. The van der Waals surface area contributed by atoms with E-state index in [1.807, 2.05) is 12.1 Å². The highest BCUT2D eigenvalue weighted by Gasteiger charge is 2.41. The van der Waals surface area contributed by atoms with Gasteiger partial charge in [-0.3, -0.25) is 0 Å². The highest BCUT2D eigenvalue weighted by molar-refractivity contribution is 6.31. The maximum absolute atomic E-state index is 6.48. The van der Waals surface area contributed by atoms with Gasteiger partial charge in [0.15, 0.2) is 0 Å². The topological polar surface area (TPSA) is 15.6 Å². The van der Waals surface area contributed by atoms with Gasteiger partial charge in [0, 0.05) is 35.5 Å². The zero-order valence-electron chi connectivity index (χ0n) is 15.1. The van der Waals surface area contributed by atoms with Crippen LogP contribution in [0.15, 0.2) is 83.9 Å². The van der Waals surface area contributed by atoms with Crippen LogP contribution in [0.3, 0.4) is 0 Å². The van der Waals surface area contributed by atoms with Gasteiger partial charge in [-0.1, -0.05) is 78.3 Å². The lowest BCUT2D eigenvalue weighted by Crippen LogP contribution is -2.50. The highest BCUT2D eigenvalue weighted by atomic mass is 35.5. The first-order valence-corrected chi connectivity index (χ1v) is 9.85. The van der Waals surface area contributed by atoms with Crippen LogP contribution in [-0.2, 0) is 12.0 Å². The zero-order chi connectivity index (χ0) is 18.3. The molecule has 3 aromatic carbocycles. The first kappa shape index (κ1) is 16.6. The Balaban J connectivity index is 1.60. The summed E-state index contributed by atoms with van der Waals surface area (Å²) in [5.74, 6) is 1.19. The second-order valence-electron chi connectivity index (χ2n) is 7.44. The van der Waals surface area contributed by atoms with E-state index in [4.69, 9.17) is 16.6 Å². The number of nitrogens with zero attached hydrogens (tertiary/aromatic N) is 2. The number of benzene rings is 3. The molecule has 0 N–H and O–H groups in total. The molecule has 0 aliphatic carbocycles. The van der Waals surface area contributed by atoms with Crippen LogP contribution in [0.2, 0.25) is 5.02 Å². The van der Waals surface area contributed by atoms with Crippen LogP contribution < -0.4 is 0 Å². The fourth-order valence-corrected chi connectivity index (χ4v) is 4.77. The molecule has 3 aromatic rings. The van der Waals surface area contributed by atoms with E-state index in [0.29, 0.717) is 0 Å². The Morgan fingerprint density at radius 3 is 2.15 bits per heavy atom. The molecule has 5 rings (SSSR count). The van der Waals surface area contributed by atoms with Crippen molar-refractivity contribution in [2.75, 3.05) is 6.54 Å². The third-order valence-electron chi connectivity index (χ3n) is 5.95. The average molecular weight is 373 g/mol. The summed E-state index contributed by atoms with van der Waals surface area (Å²) in [5.41, 5.74) is 4.89. The molecule has 0 aromatic heterocycles. The molecule has 0 radical (unpaired) electrons. The second kappa shape index (κ2) is 6.54. The average Bonchev–Trinajstić information content (AvgIpc) is 2.74. The minimum atomic E-state index is -0.0275. The summed E-state index contributed by atoms with van der Waals surface area (Å²) in [6.45, 7) is 1.75. The largest absolute Gasteiger partial charge is 0.354 e. The fourth-order valence-electron chi connectivity index (χ4n) is 4.54. The third kappa shape index (κ3) is 2.76. The van der Waals surface area contributed by atoms with Crippen molar-refractivity contribution >= 4 is 23.1 Å². The van der Waals surface area contributed by atoms with E-state index in [1.165, 1.54) is 17.0 Å². The molecule has 0 saturated carbocycles. The van der Waals surface area contributed by atoms with E-state index < -0.39 is 0 Å². The number of halogens is 1. The quantitative estimate of drug-likeness (QED) is 0.541. The molecule has 1 saturated heterocycles. The Kier molecular flexibility index (Phi) is 4.02. The molecule has 3 heteroatoms. The number of piperidine rings is 1. The minimum Gasteiger partial charge on any atom is -0.354 e. The molecule has 2 heterocycles. The molecule has 1 fully saturated rings. The summed E-state index contributed by atoms with van der Waals surface area (Å²) in [7, 11) is 0. The number of amidine groups is 1. The molecular weight excluding hydrogens is 352 g/mol. The van der Waals surface area contributed by atoms with E-state index in [9.17, 15) is 0 Å². The van der Waals surface area contributed by atoms with E-state index >= 15 is 0 Å². The number of fused-ring (bicyclic) bond motifs is 2. The second-order valence-corrected chi connectivity index (χ2v) is 7.84. The van der Waals surface area contributed by atoms with Crippen LogP contribution in [-0.4, -0.2) is 17.3 Å². The van der Waals surface area contributed by atoms with Crippen LogP contribution in [0.4, 0.5) is 5.69 Å². The standard InChI is InChI=1S/C24H21ClN2/c25-21-12-7-13-22-20(21)16-27-17-24(15-14-23(27)26-22,18-8-3-1-4-9-18)19-10-5-2-6-11-19/h1-13H,14-17H2. The van der Waals surface area contributed by atoms with E-state index in [2.05, 4.69) is 71.6 Å². The van der Waals surface area contributed by atoms with Crippen molar-refractivity contribution in [2.24, 2.45) is 4.99 Å². The Hall–Kier alpha value is -2.58. The fraction of sp³-hybridized carbons (Fsp3) is 0.208. The van der Waals surface area contributed by atoms with Crippen LogP contribution in [0.25, 0.3) is 0 Å². The molecule has 2 aliphatic rings. The van der Waals surface area contributed by atoms with Crippen molar-refractivity contribution in [3.05, 3.63) is 101 Å². The van der Waals surface area contributed by atoms with Gasteiger partial charge in [0.05, 0.1) is 5.69 Å². The maximum Gasteiger partial charge on any atom is 0.105 e. The number of hydrogen-bond donors (Lipinski definition) is 0. The van der Waals surface area contributed by atoms with Crippen molar-refractivity contribution in [3.8, 4) is 0 Å². The Labute approximate surface area is 165 Å². The van der Waals surface area contributed by atoms with Crippen molar-refractivity contribution in [3.63, 3.8) is 0 Å². The molecule has 0 atom stereocenters. The molecule has 0 unspecified atom stereocenters. The predicted molar refractivity (Wildman–Crippen MR) is 112 cm³/mol. The first-order valence-electron chi connectivity index (χ1n) is 9.47. The summed E-state index contributed by atoms with van der Waals surface area (Å²) in [6, 6.07) is 27.8. The van der Waals surface area contributed by atoms with Crippen molar-refractivity contribution in [1.82, 2.24) is 4.90 Å². The minimum absolute atomic E-state index is 0.0275. The molecule has 27 heavy (non-hydrogen) atoms. The van der Waals surface area contributed by atoms with Gasteiger partial charge >= 0.3 is 0 Å². The van der Waals surface area contributed by atoms with Gasteiger partial charge in [0.2, 0.25) is 0 Å². The molecule has 2 aliphatic heterocycles. The summed E-state index contributed by atoms with van der Waals surface area (Å²) < 4.78 is 0. The molecular formula is C24H21ClN2. The van der Waals surface area contributed by atoms with Crippen molar-refractivity contribution < 1.29 is 0 Å². The Bertz CT molecular complexity index is 956. The zero-order valence-corrected chi connectivity index (χ0v) is 15.9. The molecule has 2 nitrogen and oxygen atoms in total. The monoisotopic (exact) mass is 372 g/mol. The Morgan fingerprint density at radius 2 is 1.48 bits per heavy atom. The van der Waals surface area contributed by atoms with Gasteiger partial charge in [-0.2, -0.15) is 0 Å². The lowest BCUT2D eigenvalue weighted by Gasteiger charge is -2.46. The number of rotatable bonds is 2. The van der Waals surface area contributed by atoms with Crippen LogP contribution >= 0.6 is 11.6 Å². The lowest BCUT2D eigenvalue weighted by molar-refractivity contribution is 0.272. The first-order chi connectivity index (χ1) is 13.3. The van der Waals surface area contributed by atoms with E-state index in [-0.39, 0.29) is 5.41 Å². The van der Waals surface area contributed by atoms with Gasteiger partial charge in [0.1, 0.15) is 5.84 Å². The third-order valence-corrected chi connectivity index (χ3v) is 6.30. The summed E-state index contributed by atoms with van der Waals surface area (Å²) in [4.78, 5) is 7.37. The lowest BCUT2D eigenvalue weighted by atomic mass is 9.69. The predicted octanol–water partition coefficient (Wildman–Crippen LogP) is 5.97. The SMILES string of the molecule is Clc1cccc2c1CN1CC(c3ccccc3)(c3ccccc3)CCC1=N2. The van der Waals surface area contributed by atoms with Gasteiger partial charge in [-0.15, -0.1) is 0 Å². The van der Waals surface area contributed by atoms with E-state index in [1.54, 1.807) is 0 Å². The highest BCUT2D eigenvalue weighted by Crippen LogP contribution is 2.44. The van der Waals surface area contributed by atoms with Crippen LogP contribution in [0.5, 0.6) is 0 Å². The van der Waals surface area contributed by atoms with Crippen molar-refractivity contribution in [1.29, 1.82) is 0 Å². The molecule has 0 spiro atoms. The Morgan fingerprint density at radius 1 is 0.815 bits per heavy atom. The summed E-state index contributed by atoms with van der Waals surface area (Å²) in [6.07, 6.45) is 2.03.